The highest BCUT2D eigenvalue weighted by atomic mass is 19.1. The topological polar surface area (TPSA) is 126 Å². The van der Waals surface area contributed by atoms with Crippen LogP contribution in [0.15, 0.2) is 54.7 Å². The zero-order valence-electron chi connectivity index (χ0n) is 32.3. The summed E-state index contributed by atoms with van der Waals surface area (Å²) in [7, 11) is 7.44. The molecule has 14 nitrogen and oxygen atoms in total. The van der Waals surface area contributed by atoms with Gasteiger partial charge in [0.25, 0.3) is 0 Å². The van der Waals surface area contributed by atoms with E-state index >= 15 is 8.78 Å². The molecule has 6 aromatic rings. The van der Waals surface area contributed by atoms with Gasteiger partial charge in [0.1, 0.15) is 40.8 Å². The number of fused-ring (bicyclic) bond motifs is 6. The Morgan fingerprint density at radius 2 is 1.77 bits per heavy atom. The SMILES string of the molecule is CO[C@H]1CN(C)C(=O)[C@@H]2C[C@@H](CN2c2nc(N3CC(CN(C)C)C3)nc3c2cnn3-c2ccc(F)cc2F)Nc2cccc(n2)-c2cc(F)cc3nc(C)n(c23)C1. The summed E-state index contributed by atoms with van der Waals surface area (Å²) in [5.74, 6) is 0.484. The summed E-state index contributed by atoms with van der Waals surface area (Å²) in [5, 5.41) is 8.61. The van der Waals surface area contributed by atoms with Crippen LogP contribution in [-0.2, 0) is 16.1 Å². The van der Waals surface area contributed by atoms with Gasteiger partial charge in [-0.05, 0) is 57.8 Å². The molecule has 0 spiro atoms. The Balaban J connectivity index is 1.15. The van der Waals surface area contributed by atoms with Gasteiger partial charge in [-0.2, -0.15) is 15.1 Å². The molecule has 4 bridgehead atoms. The number of benzene rings is 2. The van der Waals surface area contributed by atoms with Crippen LogP contribution in [0.25, 0.3) is 39.0 Å². The predicted molar refractivity (Wildman–Crippen MR) is 210 cm³/mol. The predicted octanol–water partition coefficient (Wildman–Crippen LogP) is 4.50. The number of carbonyl (C=O) groups is 1. The highest BCUT2D eigenvalue weighted by Crippen LogP contribution is 2.37. The summed E-state index contributed by atoms with van der Waals surface area (Å²) in [6, 6.07) is 10.8. The van der Waals surface area contributed by atoms with E-state index in [1.807, 2.05) is 48.7 Å². The first-order valence-corrected chi connectivity index (χ1v) is 19.0. The fraction of sp³-hybridized carbons (Fsp3) is 0.400. The van der Waals surface area contributed by atoms with E-state index in [1.54, 1.807) is 25.3 Å². The molecule has 3 aliphatic rings. The fourth-order valence-corrected chi connectivity index (χ4v) is 8.55. The minimum atomic E-state index is -0.788. The molecule has 4 aromatic heterocycles. The standard InChI is InChI=1S/C40H43F3N12O2/c1-22-45-32-13-25(42)11-28-31-7-6-8-35(47-31)46-26-14-34(39(56)51(4)20-27(57-5)21-53(22)36(28)32)54(19-26)37-29-15-44-55(33-10-9-24(41)12-30(33)43)38(29)49-40(48-37)52-17-23(18-52)16-50(2)3/h6-13,15,23,26-27,34H,14,16-21H2,1-5H3,(H,46,47)/t26-,27-,34-/m0/s1. The van der Waals surface area contributed by atoms with Gasteiger partial charge in [-0.15, -0.1) is 0 Å². The van der Waals surface area contributed by atoms with Gasteiger partial charge in [0.15, 0.2) is 11.5 Å². The largest absolute Gasteiger partial charge is 0.378 e. The van der Waals surface area contributed by atoms with Crippen molar-refractivity contribution in [3.8, 4) is 16.9 Å². The lowest BCUT2D eigenvalue weighted by atomic mass is 10.0. The molecule has 2 aromatic carbocycles. The molecule has 57 heavy (non-hydrogen) atoms. The highest BCUT2D eigenvalue weighted by molar-refractivity contribution is 5.94. The molecule has 296 valence electrons. The van der Waals surface area contributed by atoms with Gasteiger partial charge in [0, 0.05) is 76.5 Å². The van der Waals surface area contributed by atoms with Gasteiger partial charge in [-0.25, -0.2) is 27.8 Å². The van der Waals surface area contributed by atoms with E-state index in [0.717, 1.165) is 18.1 Å². The number of aromatic nitrogens is 7. The Morgan fingerprint density at radius 1 is 0.947 bits per heavy atom. The second-order valence-corrected chi connectivity index (χ2v) is 15.6. The molecule has 1 amide bonds. The Kier molecular flexibility index (Phi) is 9.23. The minimum absolute atomic E-state index is 0.0364. The van der Waals surface area contributed by atoms with E-state index in [9.17, 15) is 9.18 Å². The van der Waals surface area contributed by atoms with Crippen LogP contribution < -0.4 is 15.1 Å². The second kappa shape index (κ2) is 14.3. The number of nitrogens with one attached hydrogen (secondary N) is 1. The number of hydrogen-bond acceptors (Lipinski definition) is 11. The number of likely N-dealkylation sites (N-methyl/N-ethyl adjacent to an activating group) is 1. The Morgan fingerprint density at radius 3 is 2.54 bits per heavy atom. The van der Waals surface area contributed by atoms with Crippen molar-refractivity contribution in [3.63, 3.8) is 0 Å². The molecular weight excluding hydrogens is 738 g/mol. The smallest absolute Gasteiger partial charge is 0.245 e. The summed E-state index contributed by atoms with van der Waals surface area (Å²) in [5.41, 5.74) is 2.77. The van der Waals surface area contributed by atoms with Crippen molar-refractivity contribution < 1.29 is 22.7 Å². The molecular formula is C40H43F3N12O2. The van der Waals surface area contributed by atoms with Gasteiger partial charge < -0.3 is 34.2 Å². The third kappa shape index (κ3) is 6.67. The van der Waals surface area contributed by atoms with E-state index in [1.165, 1.54) is 28.9 Å². The molecule has 2 saturated heterocycles. The first-order valence-electron chi connectivity index (χ1n) is 19.0. The van der Waals surface area contributed by atoms with E-state index in [0.29, 0.717) is 89.7 Å². The van der Waals surface area contributed by atoms with Crippen LogP contribution >= 0.6 is 0 Å². The van der Waals surface area contributed by atoms with Crippen LogP contribution in [-0.4, -0.2) is 129 Å². The third-order valence-electron chi connectivity index (χ3n) is 11.2. The van der Waals surface area contributed by atoms with Gasteiger partial charge >= 0.3 is 0 Å². The van der Waals surface area contributed by atoms with Crippen LogP contribution in [0.4, 0.5) is 30.8 Å². The van der Waals surface area contributed by atoms with Crippen molar-refractivity contribution in [3.05, 3.63) is 78.0 Å². The van der Waals surface area contributed by atoms with Crippen molar-refractivity contribution in [2.75, 3.05) is 76.1 Å². The highest BCUT2D eigenvalue weighted by Gasteiger charge is 2.42. The number of methoxy groups -OCH3 is 1. The molecule has 0 aliphatic carbocycles. The van der Waals surface area contributed by atoms with Gasteiger partial charge in [-0.3, -0.25) is 4.79 Å². The van der Waals surface area contributed by atoms with Crippen LogP contribution in [0.3, 0.4) is 0 Å². The van der Waals surface area contributed by atoms with E-state index in [4.69, 9.17) is 19.7 Å². The summed E-state index contributed by atoms with van der Waals surface area (Å²) >= 11 is 0. The summed E-state index contributed by atoms with van der Waals surface area (Å²) in [6.07, 6.45) is 1.52. The quantitative estimate of drug-likeness (QED) is 0.257. The lowest BCUT2D eigenvalue weighted by molar-refractivity contribution is -0.132. The third-order valence-corrected chi connectivity index (χ3v) is 11.2. The molecule has 1 N–H and O–H groups in total. The first-order chi connectivity index (χ1) is 27.4. The number of anilines is 3. The van der Waals surface area contributed by atoms with Crippen molar-refractivity contribution in [2.45, 2.75) is 38.1 Å². The molecule has 7 heterocycles. The normalized spacial score (nSPS) is 20.3. The van der Waals surface area contributed by atoms with Crippen molar-refractivity contribution >= 4 is 45.6 Å². The van der Waals surface area contributed by atoms with E-state index < -0.39 is 29.6 Å². The number of pyridine rings is 1. The van der Waals surface area contributed by atoms with Crippen molar-refractivity contribution in [1.82, 2.24) is 44.1 Å². The molecule has 0 unspecified atom stereocenters. The Hall–Kier alpha value is -5.81. The summed E-state index contributed by atoms with van der Waals surface area (Å²) in [4.78, 5) is 42.3. The van der Waals surface area contributed by atoms with Gasteiger partial charge in [0.05, 0.1) is 41.0 Å². The average Bonchev–Trinajstić information content (AvgIpc) is 3.86. The number of aryl methyl sites for hydroxylation is 1. The summed E-state index contributed by atoms with van der Waals surface area (Å²) in [6.45, 7) is 5.16. The number of carbonyl (C=O) groups excluding carboxylic acids is 1. The Bertz CT molecular complexity index is 2520. The van der Waals surface area contributed by atoms with Crippen LogP contribution in [0.5, 0.6) is 0 Å². The number of nitrogens with zero attached hydrogens (tertiary/aromatic N) is 11. The molecule has 3 atom stereocenters. The maximum absolute atomic E-state index is 15.3. The summed E-state index contributed by atoms with van der Waals surface area (Å²) < 4.78 is 53.7. The minimum Gasteiger partial charge on any atom is -0.378 e. The zero-order valence-corrected chi connectivity index (χ0v) is 32.3. The van der Waals surface area contributed by atoms with E-state index in [2.05, 4.69) is 25.2 Å². The molecule has 0 saturated carbocycles. The lowest BCUT2D eigenvalue weighted by Crippen LogP contribution is -2.51. The zero-order chi connectivity index (χ0) is 39.7. The maximum atomic E-state index is 15.3. The van der Waals surface area contributed by atoms with Crippen LogP contribution in [0, 0.1) is 30.3 Å². The number of halogens is 3. The number of amides is 1. The number of rotatable bonds is 6. The fourth-order valence-electron chi connectivity index (χ4n) is 8.55. The van der Waals surface area contributed by atoms with Gasteiger partial charge in [0.2, 0.25) is 11.9 Å². The molecule has 2 fully saturated rings. The second-order valence-electron chi connectivity index (χ2n) is 15.6. The first kappa shape index (κ1) is 36.8. The number of hydrogen-bond donors (Lipinski definition) is 1. The maximum Gasteiger partial charge on any atom is 0.245 e. The van der Waals surface area contributed by atoms with Gasteiger partial charge in [-0.1, -0.05) is 6.07 Å². The molecule has 17 heteroatoms. The van der Waals surface area contributed by atoms with E-state index in [-0.39, 0.29) is 24.2 Å². The average molecular weight is 781 g/mol. The van der Waals surface area contributed by atoms with Crippen LogP contribution in [0.2, 0.25) is 0 Å². The van der Waals surface area contributed by atoms with Crippen LogP contribution in [0.1, 0.15) is 12.2 Å². The monoisotopic (exact) mass is 780 g/mol. The van der Waals surface area contributed by atoms with Crippen molar-refractivity contribution in [1.29, 1.82) is 0 Å². The molecule has 9 rings (SSSR count). The number of imidazole rings is 1. The number of ether oxygens (including phenoxy) is 1. The lowest BCUT2D eigenvalue weighted by Gasteiger charge is -2.41. The Labute approximate surface area is 326 Å². The molecule has 0 radical (unpaired) electrons. The molecule has 3 aliphatic heterocycles. The van der Waals surface area contributed by atoms with Crippen molar-refractivity contribution in [2.24, 2.45) is 5.92 Å².